The van der Waals surface area contributed by atoms with Crippen molar-refractivity contribution >= 4 is 35.0 Å². The van der Waals surface area contributed by atoms with Gasteiger partial charge in [-0.2, -0.15) is 0 Å². The molecule has 0 aromatic carbocycles. The number of aliphatic hydroxyl groups is 8. The van der Waals surface area contributed by atoms with Crippen molar-refractivity contribution in [2.24, 2.45) is 23.7 Å². The van der Waals surface area contributed by atoms with Gasteiger partial charge in [0, 0.05) is 18.8 Å². The van der Waals surface area contributed by atoms with Gasteiger partial charge in [0.1, 0.15) is 74.8 Å². The lowest BCUT2D eigenvalue weighted by Crippen LogP contribution is -2.60. The van der Waals surface area contributed by atoms with Gasteiger partial charge in [0.2, 0.25) is 12.6 Å². The third-order valence-electron chi connectivity index (χ3n) is 11.2. The van der Waals surface area contributed by atoms with E-state index in [9.17, 15) is 60.0 Å². The Balaban J connectivity index is 1.05. The summed E-state index contributed by atoms with van der Waals surface area (Å²) in [6.45, 7) is -0.878. The lowest BCUT2D eigenvalue weighted by molar-refractivity contribution is -0.340. The zero-order chi connectivity index (χ0) is 42.4. The van der Waals surface area contributed by atoms with Crippen LogP contribution in [0.25, 0.3) is 0 Å². The minimum atomic E-state index is -1.90. The van der Waals surface area contributed by atoms with Crippen molar-refractivity contribution in [2.45, 2.75) is 93.1 Å². The maximum Gasteiger partial charge on any atom is 0.367 e. The molecule has 2 aliphatic carbocycles. The van der Waals surface area contributed by atoms with E-state index in [4.69, 9.17) is 47.4 Å². The first-order valence-corrected chi connectivity index (χ1v) is 19.7. The molecule has 18 unspecified atom stereocenters. The van der Waals surface area contributed by atoms with Gasteiger partial charge in [0.05, 0.1) is 48.2 Å². The lowest BCUT2D eigenvalue weighted by Gasteiger charge is -2.43. The van der Waals surface area contributed by atoms with Crippen molar-refractivity contribution in [3.8, 4) is 0 Å². The molecule has 0 aromatic rings. The minimum Gasteiger partial charge on any atom is -0.471 e. The fourth-order valence-electron chi connectivity index (χ4n) is 8.21. The number of rotatable bonds is 12. The largest absolute Gasteiger partial charge is 0.471 e. The Bertz CT molecular complexity index is 1760. The van der Waals surface area contributed by atoms with E-state index in [2.05, 4.69) is 0 Å². The predicted octanol–water partition coefficient (Wildman–Crippen LogP) is -3.66. The average molecular weight is 861 g/mol. The van der Waals surface area contributed by atoms with Crippen molar-refractivity contribution in [1.82, 2.24) is 0 Å². The molecule has 0 radical (unpaired) electrons. The molecule has 3 fully saturated rings. The molecule has 18 atom stereocenters. The Morgan fingerprint density at radius 1 is 0.695 bits per heavy atom. The normalized spacial score (nSPS) is 42.1. The van der Waals surface area contributed by atoms with Gasteiger partial charge in [0.25, 0.3) is 0 Å². The second-order valence-corrected chi connectivity index (χ2v) is 15.4. The van der Waals surface area contributed by atoms with Gasteiger partial charge in [-0.3, -0.25) is 4.79 Å². The number of fused-ring (bicyclic) bond motifs is 1. The molecule has 0 aromatic heterocycles. The smallest absolute Gasteiger partial charge is 0.367 e. The van der Waals surface area contributed by atoms with Gasteiger partial charge < -0.3 is 88.2 Å². The Hall–Kier alpha value is -3.69. The second kappa shape index (κ2) is 17.7. The molecular weight excluding hydrogens is 816 g/mol. The predicted molar refractivity (Wildman–Crippen MR) is 187 cm³/mol. The summed E-state index contributed by atoms with van der Waals surface area (Å²) in [4.78, 5) is 49.7. The number of carbonyl (C=O) groups is 4. The first-order valence-electron chi connectivity index (χ1n) is 18.5. The number of ether oxygens (including phenoxy) is 10. The molecule has 5 aliphatic heterocycles. The summed E-state index contributed by atoms with van der Waals surface area (Å²) in [7, 11) is 0. The number of aliphatic hydroxyl groups excluding tert-OH is 8. The SMILES string of the molecule is CSC(=O)OCC1=CC(O)C2C(C(=O)OCC3OC(OC4OC=C5C(=O)OC6C=C(COC(C)=O)C4C56)C(O)C(O)C3O)=COC(OC3OC(CO)C(O)C(O)C3O)C12. The third-order valence-corrected chi connectivity index (χ3v) is 11.6. The highest BCUT2D eigenvalue weighted by Gasteiger charge is 2.57. The summed E-state index contributed by atoms with van der Waals surface area (Å²) >= 11 is 0.769. The summed E-state index contributed by atoms with van der Waals surface area (Å²) in [6, 6.07) is 0. The molecule has 59 heavy (non-hydrogen) atoms. The van der Waals surface area contributed by atoms with Crippen LogP contribution in [0.3, 0.4) is 0 Å². The lowest BCUT2D eigenvalue weighted by atomic mass is 9.82. The molecule has 326 valence electrons. The van der Waals surface area contributed by atoms with Crippen LogP contribution in [0.1, 0.15) is 6.92 Å². The third kappa shape index (κ3) is 8.36. The topological polar surface area (TPSA) is 322 Å². The van der Waals surface area contributed by atoms with E-state index in [0.717, 1.165) is 24.3 Å². The fraction of sp³-hybridized carbons (Fsp3) is 0.667. The van der Waals surface area contributed by atoms with Crippen LogP contribution in [0.2, 0.25) is 0 Å². The molecule has 0 saturated carbocycles. The molecule has 0 amide bonds. The molecule has 0 bridgehead atoms. The van der Waals surface area contributed by atoms with Gasteiger partial charge in [-0.05, 0) is 35.2 Å². The minimum absolute atomic E-state index is 0.189. The number of esters is 3. The second-order valence-electron chi connectivity index (χ2n) is 14.7. The van der Waals surface area contributed by atoms with Crippen LogP contribution in [0.5, 0.6) is 0 Å². The van der Waals surface area contributed by atoms with Gasteiger partial charge in [-0.1, -0.05) is 6.08 Å². The van der Waals surface area contributed by atoms with E-state index in [-0.39, 0.29) is 23.3 Å². The van der Waals surface area contributed by atoms with E-state index in [1.807, 2.05) is 0 Å². The van der Waals surface area contributed by atoms with Gasteiger partial charge >= 0.3 is 23.2 Å². The van der Waals surface area contributed by atoms with E-state index < -0.39 is 153 Å². The zero-order valence-corrected chi connectivity index (χ0v) is 32.0. The summed E-state index contributed by atoms with van der Waals surface area (Å²) in [5.41, 5.74) is 0.656. The Kier molecular flexibility index (Phi) is 13.0. The Labute approximate surface area is 338 Å². The van der Waals surface area contributed by atoms with E-state index in [1.165, 1.54) is 19.3 Å². The van der Waals surface area contributed by atoms with Crippen molar-refractivity contribution in [3.63, 3.8) is 0 Å². The van der Waals surface area contributed by atoms with Crippen LogP contribution in [-0.4, -0.2) is 183 Å². The maximum absolute atomic E-state index is 13.7. The molecule has 8 N–H and O–H groups in total. The number of thioether (sulfide) groups is 1. The number of hydrogen-bond donors (Lipinski definition) is 8. The summed E-state index contributed by atoms with van der Waals surface area (Å²) < 4.78 is 55.8. The number of carbonyl (C=O) groups excluding carboxylic acids is 4. The molecule has 23 heteroatoms. The van der Waals surface area contributed by atoms with Crippen LogP contribution in [-0.2, 0) is 61.8 Å². The van der Waals surface area contributed by atoms with Gasteiger partial charge in [-0.25, -0.2) is 14.4 Å². The summed E-state index contributed by atoms with van der Waals surface area (Å²) in [5, 5.41) is 83.8. The van der Waals surface area contributed by atoms with Crippen LogP contribution in [0.4, 0.5) is 4.79 Å². The fourth-order valence-corrected chi connectivity index (χ4v) is 8.39. The first-order chi connectivity index (χ1) is 28.1. The van der Waals surface area contributed by atoms with Crippen molar-refractivity contribution in [1.29, 1.82) is 0 Å². The Morgan fingerprint density at radius 2 is 1.27 bits per heavy atom. The summed E-state index contributed by atoms with van der Waals surface area (Å²) in [5.74, 6) is -5.96. The number of hydrogen-bond acceptors (Lipinski definition) is 23. The van der Waals surface area contributed by atoms with E-state index in [1.54, 1.807) is 6.08 Å². The zero-order valence-electron chi connectivity index (χ0n) is 31.2. The maximum atomic E-state index is 13.7. The monoisotopic (exact) mass is 860 g/mol. The van der Waals surface area contributed by atoms with Gasteiger partial charge in [-0.15, -0.1) is 0 Å². The van der Waals surface area contributed by atoms with E-state index in [0.29, 0.717) is 5.57 Å². The molecule has 0 spiro atoms. The molecule has 3 saturated heterocycles. The standard InChI is InChI=1S/C36H44O22S/c1-11(38)49-6-13-4-17-23-15(31(47)54-17)9-52-33(21(13)23)58-35-29(45)27(43)25(41)19(56-35)10-50-30(46)14-8-51-32(57-34-28(44)26(42)24(40)18(5-37)55-34)20-12(3-16(39)22(14)20)7-53-36(48)59-2/h3-4,8-9,16-29,32-35,37,39-45H,5-7,10H2,1-2H3. The van der Waals surface area contributed by atoms with Crippen molar-refractivity contribution in [3.05, 3.63) is 47.0 Å². The summed E-state index contributed by atoms with van der Waals surface area (Å²) in [6.07, 6.45) is -15.6. The van der Waals surface area contributed by atoms with Crippen molar-refractivity contribution < 1.29 is 107 Å². The Morgan fingerprint density at radius 3 is 1.90 bits per heavy atom. The average Bonchev–Trinajstić information content (AvgIpc) is 3.86. The van der Waals surface area contributed by atoms with Crippen LogP contribution >= 0.6 is 11.8 Å². The quantitative estimate of drug-likeness (QED) is 0.0533. The highest BCUT2D eigenvalue weighted by atomic mass is 32.2. The van der Waals surface area contributed by atoms with Crippen molar-refractivity contribution in [2.75, 3.05) is 32.7 Å². The molecule has 22 nitrogen and oxygen atoms in total. The van der Waals surface area contributed by atoms with Crippen LogP contribution < -0.4 is 0 Å². The highest BCUT2D eigenvalue weighted by Crippen LogP contribution is 2.50. The highest BCUT2D eigenvalue weighted by molar-refractivity contribution is 8.12. The van der Waals surface area contributed by atoms with Crippen LogP contribution in [0, 0.1) is 23.7 Å². The first kappa shape index (κ1) is 43.4. The molecule has 5 heterocycles. The van der Waals surface area contributed by atoms with Crippen LogP contribution in [0.15, 0.2) is 47.0 Å². The molecule has 7 rings (SSSR count). The van der Waals surface area contributed by atoms with E-state index >= 15 is 0 Å². The van der Waals surface area contributed by atoms with Gasteiger partial charge in [0.15, 0.2) is 12.6 Å². The molecule has 7 aliphatic rings. The molecular formula is C36H44O22S.